The van der Waals surface area contributed by atoms with E-state index in [2.05, 4.69) is 16.0 Å². The van der Waals surface area contributed by atoms with Gasteiger partial charge in [0.15, 0.2) is 9.84 Å². The minimum atomic E-state index is -3.59. The normalized spacial score (nSPS) is 12.1. The van der Waals surface area contributed by atoms with Gasteiger partial charge in [-0.3, -0.25) is 19.7 Å². The predicted molar refractivity (Wildman–Crippen MR) is 127 cm³/mol. The highest BCUT2D eigenvalue weighted by Crippen LogP contribution is 2.27. The van der Waals surface area contributed by atoms with E-state index in [4.69, 9.17) is 4.74 Å². The van der Waals surface area contributed by atoms with Crippen molar-refractivity contribution in [1.29, 1.82) is 0 Å². The predicted octanol–water partition coefficient (Wildman–Crippen LogP) is 1.75. The summed E-state index contributed by atoms with van der Waals surface area (Å²) in [5.74, 6) is -0.185. The van der Waals surface area contributed by atoms with Crippen molar-refractivity contribution >= 4 is 39.1 Å². The topological polar surface area (TPSA) is 157 Å². The zero-order valence-corrected chi connectivity index (χ0v) is 19.7. The first-order valence-corrected chi connectivity index (χ1v) is 12.0. The molecule has 0 aromatic heterocycles. The molecule has 0 aliphatic rings. The summed E-state index contributed by atoms with van der Waals surface area (Å²) < 4.78 is 28.3. The van der Waals surface area contributed by atoms with Crippen LogP contribution >= 0.6 is 0 Å². The maximum atomic E-state index is 12.2. The molecule has 0 unspecified atom stereocenters. The minimum absolute atomic E-state index is 0.117. The Kier molecular flexibility index (Phi) is 9.13. The van der Waals surface area contributed by atoms with Gasteiger partial charge in [0.05, 0.1) is 16.9 Å². The molecular formula is C22H26N4O7S. The summed E-state index contributed by atoms with van der Waals surface area (Å²) in [6, 6.07) is 9.82. The fourth-order valence-corrected chi connectivity index (χ4v) is 3.43. The second-order valence-electron chi connectivity index (χ2n) is 7.26. The van der Waals surface area contributed by atoms with Gasteiger partial charge in [0, 0.05) is 31.5 Å². The molecule has 0 bridgehead atoms. The van der Waals surface area contributed by atoms with Crippen molar-refractivity contribution in [3.63, 3.8) is 0 Å². The summed E-state index contributed by atoms with van der Waals surface area (Å²) in [4.78, 5) is 34.7. The Labute approximate surface area is 197 Å². The molecule has 0 saturated carbocycles. The van der Waals surface area contributed by atoms with Crippen molar-refractivity contribution in [3.8, 4) is 5.75 Å². The first kappa shape index (κ1) is 26.3. The summed E-state index contributed by atoms with van der Waals surface area (Å²) in [6.07, 6.45) is 3.88. The Balaban J connectivity index is 1.82. The summed E-state index contributed by atoms with van der Waals surface area (Å²) in [5.41, 5.74) is 0.521. The number of nitrogens with zero attached hydrogens (tertiary/aromatic N) is 1. The number of hydrogen-bond acceptors (Lipinski definition) is 8. The lowest BCUT2D eigenvalue weighted by atomic mass is 10.2. The van der Waals surface area contributed by atoms with E-state index in [0.717, 1.165) is 17.9 Å². The number of nitro groups is 1. The number of hydrogen-bond donors (Lipinski definition) is 3. The third kappa shape index (κ3) is 7.89. The zero-order valence-electron chi connectivity index (χ0n) is 18.9. The molecule has 0 spiro atoms. The Morgan fingerprint density at radius 2 is 1.82 bits per heavy atom. The molecule has 3 N–H and O–H groups in total. The zero-order chi connectivity index (χ0) is 25.3. The molecule has 12 heteroatoms. The summed E-state index contributed by atoms with van der Waals surface area (Å²) in [6.45, 7) is 1.78. The van der Waals surface area contributed by atoms with Gasteiger partial charge in [-0.2, -0.15) is 0 Å². The first-order chi connectivity index (χ1) is 16.0. The summed E-state index contributed by atoms with van der Waals surface area (Å²) in [7, 11) is -2.03. The average Bonchev–Trinajstić information content (AvgIpc) is 2.79. The maximum Gasteiger partial charge on any atom is 0.293 e. The van der Waals surface area contributed by atoms with Gasteiger partial charge in [0.1, 0.15) is 17.5 Å². The maximum absolute atomic E-state index is 12.2. The van der Waals surface area contributed by atoms with Crippen LogP contribution < -0.4 is 20.7 Å². The molecule has 182 valence electrons. The van der Waals surface area contributed by atoms with E-state index < -0.39 is 38.3 Å². The third-order valence-corrected chi connectivity index (χ3v) is 5.74. The van der Waals surface area contributed by atoms with Crippen LogP contribution in [0.2, 0.25) is 0 Å². The summed E-state index contributed by atoms with van der Waals surface area (Å²) >= 11 is 0. The van der Waals surface area contributed by atoms with Crippen molar-refractivity contribution in [1.82, 2.24) is 10.6 Å². The van der Waals surface area contributed by atoms with E-state index >= 15 is 0 Å². The quantitative estimate of drug-likeness (QED) is 0.186. The molecule has 2 aromatic carbocycles. The van der Waals surface area contributed by atoms with Gasteiger partial charge in [-0.15, -0.1) is 0 Å². The van der Waals surface area contributed by atoms with E-state index in [1.807, 2.05) is 0 Å². The Morgan fingerprint density at radius 1 is 1.15 bits per heavy atom. The number of nitro benzene ring substituents is 1. The second kappa shape index (κ2) is 11.8. The Bertz CT molecular complexity index is 1180. The lowest BCUT2D eigenvalue weighted by Crippen LogP contribution is -2.45. The van der Waals surface area contributed by atoms with E-state index in [1.54, 1.807) is 37.5 Å². The van der Waals surface area contributed by atoms with Crippen molar-refractivity contribution < 1.29 is 27.7 Å². The van der Waals surface area contributed by atoms with Gasteiger partial charge in [-0.1, -0.05) is 12.1 Å². The van der Waals surface area contributed by atoms with E-state index in [0.29, 0.717) is 5.75 Å². The monoisotopic (exact) mass is 490 g/mol. The van der Waals surface area contributed by atoms with Crippen molar-refractivity contribution in [2.75, 3.05) is 31.8 Å². The highest BCUT2D eigenvalue weighted by Gasteiger charge is 2.19. The summed E-state index contributed by atoms with van der Waals surface area (Å²) in [5, 5.41) is 19.2. The molecule has 1 atom stereocenters. The molecule has 34 heavy (non-hydrogen) atoms. The number of anilines is 1. The highest BCUT2D eigenvalue weighted by molar-refractivity contribution is 7.90. The standard InChI is InChI=1S/C22H26N4O7S/c1-15(25-21(27)11-6-16-4-7-17(33-2)8-5-16)22(28)24-13-12-23-19-10-9-18(34(3,31)32)14-20(19)26(29)30/h4-11,14-15,23H,12-13H2,1-3H3,(H,24,28)(H,25,27)/b11-6+/t15-/m0/s1. The fraction of sp³-hybridized carbons (Fsp3) is 0.273. The van der Waals surface area contributed by atoms with Crippen LogP contribution in [0.1, 0.15) is 12.5 Å². The van der Waals surface area contributed by atoms with E-state index in [9.17, 15) is 28.1 Å². The van der Waals surface area contributed by atoms with Crippen LogP contribution in [0.15, 0.2) is 53.4 Å². The molecule has 0 fully saturated rings. The molecule has 0 heterocycles. The number of ether oxygens (including phenoxy) is 1. The van der Waals surface area contributed by atoms with E-state index in [1.165, 1.54) is 25.1 Å². The lowest BCUT2D eigenvalue weighted by Gasteiger charge is -2.14. The first-order valence-electron chi connectivity index (χ1n) is 10.1. The van der Waals surface area contributed by atoms with Crippen molar-refractivity contribution in [2.45, 2.75) is 17.9 Å². The number of carbonyl (C=O) groups excluding carboxylic acids is 2. The van der Waals surface area contributed by atoms with Crippen LogP contribution in [0.4, 0.5) is 11.4 Å². The number of sulfone groups is 1. The van der Waals surface area contributed by atoms with Gasteiger partial charge in [0.25, 0.3) is 5.69 Å². The third-order valence-electron chi connectivity index (χ3n) is 4.63. The number of carbonyl (C=O) groups is 2. The Hall–Kier alpha value is -3.93. The second-order valence-corrected chi connectivity index (χ2v) is 9.28. The molecule has 2 amide bonds. The minimum Gasteiger partial charge on any atom is -0.497 e. The molecule has 2 aromatic rings. The van der Waals surface area contributed by atoms with Gasteiger partial charge in [-0.05, 0) is 42.8 Å². The molecule has 0 aliphatic carbocycles. The number of rotatable bonds is 11. The van der Waals surface area contributed by atoms with Crippen LogP contribution in [0, 0.1) is 10.1 Å². The highest BCUT2D eigenvalue weighted by atomic mass is 32.2. The largest absolute Gasteiger partial charge is 0.497 e. The van der Waals surface area contributed by atoms with Crippen LogP contribution in [-0.2, 0) is 19.4 Å². The van der Waals surface area contributed by atoms with Gasteiger partial charge in [-0.25, -0.2) is 8.42 Å². The van der Waals surface area contributed by atoms with Crippen LogP contribution in [-0.4, -0.2) is 57.7 Å². The van der Waals surface area contributed by atoms with E-state index in [-0.39, 0.29) is 23.7 Å². The van der Waals surface area contributed by atoms with Crippen molar-refractivity contribution in [2.24, 2.45) is 0 Å². The SMILES string of the molecule is COc1ccc(/C=C/C(=O)N[C@@H](C)C(=O)NCCNc2ccc(S(C)(=O)=O)cc2[N+](=O)[O-])cc1. The number of nitrogens with one attached hydrogen (secondary N) is 3. The van der Waals surface area contributed by atoms with Gasteiger partial charge in [0.2, 0.25) is 11.8 Å². The average molecular weight is 491 g/mol. The van der Waals surface area contributed by atoms with Crippen LogP contribution in [0.25, 0.3) is 6.08 Å². The fourth-order valence-electron chi connectivity index (χ4n) is 2.79. The van der Waals surface area contributed by atoms with Gasteiger partial charge < -0.3 is 20.7 Å². The van der Waals surface area contributed by atoms with Crippen molar-refractivity contribution in [3.05, 3.63) is 64.2 Å². The Morgan fingerprint density at radius 3 is 2.41 bits per heavy atom. The van der Waals surface area contributed by atoms with Crippen LogP contribution in [0.5, 0.6) is 5.75 Å². The van der Waals surface area contributed by atoms with Gasteiger partial charge >= 0.3 is 0 Å². The molecule has 0 saturated heterocycles. The smallest absolute Gasteiger partial charge is 0.293 e. The number of methoxy groups -OCH3 is 1. The lowest BCUT2D eigenvalue weighted by molar-refractivity contribution is -0.384. The molecule has 0 aliphatic heterocycles. The molecular weight excluding hydrogens is 464 g/mol. The number of amides is 2. The van der Waals surface area contributed by atoms with Crippen LogP contribution in [0.3, 0.4) is 0 Å². The molecule has 2 rings (SSSR count). The number of benzene rings is 2. The molecule has 11 nitrogen and oxygen atoms in total. The molecule has 0 radical (unpaired) electrons.